The average molecular weight is 345 g/mol. The lowest BCUT2D eigenvalue weighted by Gasteiger charge is -2.32. The van der Waals surface area contributed by atoms with E-state index >= 15 is 0 Å². The van der Waals surface area contributed by atoms with Crippen molar-refractivity contribution in [1.29, 1.82) is 0 Å². The van der Waals surface area contributed by atoms with Gasteiger partial charge in [0.25, 0.3) is 0 Å². The van der Waals surface area contributed by atoms with Gasteiger partial charge in [0.05, 0.1) is 12.6 Å². The van der Waals surface area contributed by atoms with Crippen molar-refractivity contribution in [3.63, 3.8) is 0 Å². The minimum Gasteiger partial charge on any atom is -0.489 e. The number of carbonyl (C=O) groups is 1. The maximum absolute atomic E-state index is 12.4. The number of benzene rings is 1. The molecule has 0 aliphatic carbocycles. The van der Waals surface area contributed by atoms with E-state index in [1.165, 1.54) is 0 Å². The number of hydrogen-bond donors (Lipinski definition) is 0. The van der Waals surface area contributed by atoms with Crippen molar-refractivity contribution in [3.8, 4) is 5.75 Å². The van der Waals surface area contributed by atoms with Gasteiger partial charge in [0.1, 0.15) is 11.9 Å². The molecular weight excluding hydrogens is 324 g/mol. The Balaban J connectivity index is 1.50. The van der Waals surface area contributed by atoms with Gasteiger partial charge < -0.3 is 9.64 Å². The van der Waals surface area contributed by atoms with Crippen molar-refractivity contribution in [2.45, 2.75) is 32.3 Å². The number of ether oxygens (including phenoxy) is 1. The van der Waals surface area contributed by atoms with E-state index in [1.807, 2.05) is 48.2 Å². The Morgan fingerprint density at radius 3 is 2.67 bits per heavy atom. The quantitative estimate of drug-likeness (QED) is 0.850. The van der Waals surface area contributed by atoms with Gasteiger partial charge in [-0.2, -0.15) is 0 Å². The SMILES string of the molecule is Cc1ccc(OC2CCN(C(=O)Cc3ccccc3Cl)CC2)cn1. The predicted molar refractivity (Wildman–Crippen MR) is 94.4 cm³/mol. The lowest BCUT2D eigenvalue weighted by molar-refractivity contribution is -0.132. The Bertz CT molecular complexity index is 695. The summed E-state index contributed by atoms with van der Waals surface area (Å²) in [5, 5.41) is 0.649. The third kappa shape index (κ3) is 4.26. The summed E-state index contributed by atoms with van der Waals surface area (Å²) in [5.74, 6) is 0.917. The van der Waals surface area contributed by atoms with E-state index in [2.05, 4.69) is 4.98 Å². The number of halogens is 1. The van der Waals surface area contributed by atoms with Crippen molar-refractivity contribution in [2.24, 2.45) is 0 Å². The molecule has 0 N–H and O–H groups in total. The van der Waals surface area contributed by atoms with Crippen LogP contribution in [0.15, 0.2) is 42.6 Å². The molecule has 1 fully saturated rings. The fourth-order valence-corrected chi connectivity index (χ4v) is 3.06. The van der Waals surface area contributed by atoms with Gasteiger partial charge in [0.15, 0.2) is 0 Å². The summed E-state index contributed by atoms with van der Waals surface area (Å²) < 4.78 is 5.95. The molecule has 2 aromatic rings. The molecule has 0 unspecified atom stereocenters. The molecule has 1 amide bonds. The van der Waals surface area contributed by atoms with Crippen molar-refractivity contribution < 1.29 is 9.53 Å². The van der Waals surface area contributed by atoms with E-state index in [0.717, 1.165) is 29.8 Å². The minimum atomic E-state index is 0.124. The standard InChI is InChI=1S/C19H21ClN2O2/c1-14-6-7-17(13-21-14)24-16-8-10-22(11-9-16)19(23)12-15-4-2-3-5-18(15)20/h2-7,13,16H,8-12H2,1H3. The van der Waals surface area contributed by atoms with Gasteiger partial charge in [0, 0.05) is 36.6 Å². The highest BCUT2D eigenvalue weighted by Crippen LogP contribution is 2.20. The Hall–Kier alpha value is -2.07. The summed E-state index contributed by atoms with van der Waals surface area (Å²) in [6.45, 7) is 3.38. The number of aromatic nitrogens is 1. The van der Waals surface area contributed by atoms with E-state index in [1.54, 1.807) is 6.20 Å². The van der Waals surface area contributed by atoms with Gasteiger partial charge in [-0.05, 0) is 30.7 Å². The van der Waals surface area contributed by atoms with E-state index in [-0.39, 0.29) is 12.0 Å². The van der Waals surface area contributed by atoms with Crippen LogP contribution in [0.3, 0.4) is 0 Å². The number of carbonyl (C=O) groups excluding carboxylic acids is 1. The van der Waals surface area contributed by atoms with Crippen LogP contribution >= 0.6 is 11.6 Å². The number of likely N-dealkylation sites (tertiary alicyclic amines) is 1. The van der Waals surface area contributed by atoms with Gasteiger partial charge >= 0.3 is 0 Å². The lowest BCUT2D eigenvalue weighted by Crippen LogP contribution is -2.42. The highest BCUT2D eigenvalue weighted by Gasteiger charge is 2.24. The topological polar surface area (TPSA) is 42.4 Å². The van der Waals surface area contributed by atoms with Gasteiger partial charge in [0.2, 0.25) is 5.91 Å². The molecule has 4 nitrogen and oxygen atoms in total. The van der Waals surface area contributed by atoms with Crippen molar-refractivity contribution in [2.75, 3.05) is 13.1 Å². The molecule has 3 rings (SSSR count). The molecule has 0 radical (unpaired) electrons. The van der Waals surface area contributed by atoms with Crippen molar-refractivity contribution in [3.05, 3.63) is 58.9 Å². The van der Waals surface area contributed by atoms with Crippen LogP contribution in [0.5, 0.6) is 5.75 Å². The third-order valence-corrected chi connectivity index (χ3v) is 4.65. The summed E-state index contributed by atoms with van der Waals surface area (Å²) in [4.78, 5) is 18.6. The van der Waals surface area contributed by atoms with Crippen LogP contribution in [0.1, 0.15) is 24.1 Å². The molecular formula is C19H21ClN2O2. The molecule has 1 aliphatic heterocycles. The first-order valence-corrected chi connectivity index (χ1v) is 8.60. The number of rotatable bonds is 4. The number of aryl methyl sites for hydroxylation is 1. The fraction of sp³-hybridized carbons (Fsp3) is 0.368. The van der Waals surface area contributed by atoms with Gasteiger partial charge in [-0.25, -0.2) is 0 Å². The molecule has 0 atom stereocenters. The second-order valence-electron chi connectivity index (χ2n) is 6.10. The minimum absolute atomic E-state index is 0.124. The summed E-state index contributed by atoms with van der Waals surface area (Å²) in [6, 6.07) is 11.4. The van der Waals surface area contributed by atoms with Crippen molar-refractivity contribution in [1.82, 2.24) is 9.88 Å². The number of pyridine rings is 1. The molecule has 1 aliphatic rings. The number of hydrogen-bond acceptors (Lipinski definition) is 3. The maximum atomic E-state index is 12.4. The van der Waals surface area contributed by atoms with Crippen LogP contribution in [0.2, 0.25) is 5.02 Å². The lowest BCUT2D eigenvalue weighted by atomic mass is 10.1. The molecule has 5 heteroatoms. The molecule has 0 bridgehead atoms. The van der Waals surface area contributed by atoms with Crippen LogP contribution in [0.4, 0.5) is 0 Å². The largest absolute Gasteiger partial charge is 0.489 e. The van der Waals surface area contributed by atoms with Crippen LogP contribution in [-0.4, -0.2) is 35.0 Å². The molecule has 126 valence electrons. The van der Waals surface area contributed by atoms with E-state index in [0.29, 0.717) is 24.5 Å². The zero-order chi connectivity index (χ0) is 16.9. The first-order valence-electron chi connectivity index (χ1n) is 8.22. The maximum Gasteiger partial charge on any atom is 0.227 e. The van der Waals surface area contributed by atoms with Crippen LogP contribution < -0.4 is 4.74 Å². The summed E-state index contributed by atoms with van der Waals surface area (Å²) in [5.41, 5.74) is 1.86. The second-order valence-corrected chi connectivity index (χ2v) is 6.51. The molecule has 1 saturated heterocycles. The van der Waals surface area contributed by atoms with E-state index in [4.69, 9.17) is 16.3 Å². The third-order valence-electron chi connectivity index (χ3n) is 4.28. The monoisotopic (exact) mass is 344 g/mol. The predicted octanol–water partition coefficient (Wildman–Crippen LogP) is 3.66. The normalized spacial score (nSPS) is 15.3. The number of nitrogens with zero attached hydrogens (tertiary/aromatic N) is 2. The van der Waals surface area contributed by atoms with Crippen LogP contribution in [0.25, 0.3) is 0 Å². The molecule has 24 heavy (non-hydrogen) atoms. The number of piperidine rings is 1. The summed E-state index contributed by atoms with van der Waals surface area (Å²) in [7, 11) is 0. The molecule has 2 heterocycles. The van der Waals surface area contributed by atoms with Crippen LogP contribution in [-0.2, 0) is 11.2 Å². The first kappa shape index (κ1) is 16.8. The fourth-order valence-electron chi connectivity index (χ4n) is 2.86. The molecule has 1 aromatic heterocycles. The van der Waals surface area contributed by atoms with E-state index in [9.17, 15) is 4.79 Å². The average Bonchev–Trinajstić information content (AvgIpc) is 2.59. The van der Waals surface area contributed by atoms with E-state index < -0.39 is 0 Å². The van der Waals surface area contributed by atoms with Crippen molar-refractivity contribution >= 4 is 17.5 Å². The number of amides is 1. The Labute approximate surface area is 147 Å². The summed E-state index contributed by atoms with van der Waals surface area (Å²) in [6.07, 6.45) is 3.92. The first-order chi connectivity index (χ1) is 11.6. The highest BCUT2D eigenvalue weighted by atomic mass is 35.5. The molecule has 0 spiro atoms. The Morgan fingerprint density at radius 2 is 2.00 bits per heavy atom. The summed E-state index contributed by atoms with van der Waals surface area (Å²) >= 11 is 6.14. The zero-order valence-corrected chi connectivity index (χ0v) is 14.5. The smallest absolute Gasteiger partial charge is 0.227 e. The Morgan fingerprint density at radius 1 is 1.25 bits per heavy atom. The van der Waals surface area contributed by atoms with Gasteiger partial charge in [-0.3, -0.25) is 9.78 Å². The second kappa shape index (κ2) is 7.67. The highest BCUT2D eigenvalue weighted by molar-refractivity contribution is 6.31. The van der Waals surface area contributed by atoms with Gasteiger partial charge in [-0.15, -0.1) is 0 Å². The Kier molecular flexibility index (Phi) is 5.36. The van der Waals surface area contributed by atoms with Crippen LogP contribution in [0, 0.1) is 6.92 Å². The molecule has 1 aromatic carbocycles. The zero-order valence-electron chi connectivity index (χ0n) is 13.7. The molecule has 0 saturated carbocycles. The van der Waals surface area contributed by atoms with Gasteiger partial charge in [-0.1, -0.05) is 29.8 Å².